The van der Waals surface area contributed by atoms with Crippen molar-refractivity contribution in [2.24, 2.45) is 0 Å². The molecule has 2 aliphatic heterocycles. The second-order valence-electron chi connectivity index (χ2n) is 8.56. The standard InChI is InChI=1S/C25H28F2N2O5/c26-20-3-1-19(2-4-20)15-23(30)29-11-14-34-25(17-29,16-24(31)28-9-12-32-13-10-28)18-33-22-7-5-21(27)6-8-22/h1-8H,9-18H2/t25-/m1/s1. The van der Waals surface area contributed by atoms with Crippen LogP contribution in [0.2, 0.25) is 0 Å². The first kappa shape index (κ1) is 24.1. The molecule has 34 heavy (non-hydrogen) atoms. The van der Waals surface area contributed by atoms with Crippen LogP contribution >= 0.6 is 0 Å². The van der Waals surface area contributed by atoms with E-state index in [1.807, 2.05) is 0 Å². The molecule has 2 amide bonds. The van der Waals surface area contributed by atoms with E-state index in [4.69, 9.17) is 14.2 Å². The number of benzene rings is 2. The van der Waals surface area contributed by atoms with E-state index in [0.29, 0.717) is 44.2 Å². The zero-order valence-electron chi connectivity index (χ0n) is 18.9. The van der Waals surface area contributed by atoms with Gasteiger partial charge in [0, 0.05) is 19.6 Å². The summed E-state index contributed by atoms with van der Waals surface area (Å²) in [5, 5.41) is 0. The van der Waals surface area contributed by atoms with Gasteiger partial charge in [0.05, 0.1) is 39.2 Å². The van der Waals surface area contributed by atoms with E-state index in [9.17, 15) is 18.4 Å². The third-order valence-corrected chi connectivity index (χ3v) is 6.02. The maximum Gasteiger partial charge on any atom is 0.227 e. The van der Waals surface area contributed by atoms with Crippen LogP contribution in [0.5, 0.6) is 5.75 Å². The zero-order valence-corrected chi connectivity index (χ0v) is 18.9. The van der Waals surface area contributed by atoms with Gasteiger partial charge in [0.15, 0.2) is 0 Å². The van der Waals surface area contributed by atoms with Crippen molar-refractivity contribution in [2.75, 3.05) is 52.6 Å². The second-order valence-corrected chi connectivity index (χ2v) is 8.56. The lowest BCUT2D eigenvalue weighted by Crippen LogP contribution is -2.59. The molecule has 1 atom stereocenters. The summed E-state index contributed by atoms with van der Waals surface area (Å²) in [6.45, 7) is 2.78. The lowest BCUT2D eigenvalue weighted by atomic mass is 9.96. The minimum atomic E-state index is -1.06. The Morgan fingerprint density at radius 2 is 1.47 bits per heavy atom. The van der Waals surface area contributed by atoms with Gasteiger partial charge in [0.1, 0.15) is 29.6 Å². The molecule has 0 radical (unpaired) electrons. The van der Waals surface area contributed by atoms with Crippen molar-refractivity contribution in [1.29, 1.82) is 0 Å². The Balaban J connectivity index is 1.48. The Morgan fingerprint density at radius 1 is 0.853 bits per heavy atom. The lowest BCUT2D eigenvalue weighted by Gasteiger charge is -2.43. The van der Waals surface area contributed by atoms with Crippen molar-refractivity contribution in [2.45, 2.75) is 18.4 Å². The predicted octanol–water partition coefficient (Wildman–Crippen LogP) is 2.43. The van der Waals surface area contributed by atoms with Gasteiger partial charge in [-0.2, -0.15) is 0 Å². The number of carbonyl (C=O) groups is 2. The molecule has 0 bridgehead atoms. The van der Waals surface area contributed by atoms with E-state index in [0.717, 1.165) is 0 Å². The molecule has 182 valence electrons. The number of morpholine rings is 2. The van der Waals surface area contributed by atoms with Crippen molar-refractivity contribution in [1.82, 2.24) is 9.80 Å². The zero-order chi connectivity index (χ0) is 24.0. The fourth-order valence-electron chi connectivity index (χ4n) is 4.14. The number of carbonyl (C=O) groups excluding carboxylic acids is 2. The molecule has 7 nitrogen and oxygen atoms in total. The number of halogens is 2. The number of amides is 2. The number of hydrogen-bond donors (Lipinski definition) is 0. The summed E-state index contributed by atoms with van der Waals surface area (Å²) in [5.41, 5.74) is -0.351. The highest BCUT2D eigenvalue weighted by Gasteiger charge is 2.42. The van der Waals surface area contributed by atoms with Gasteiger partial charge < -0.3 is 24.0 Å². The van der Waals surface area contributed by atoms with E-state index in [1.54, 1.807) is 21.9 Å². The van der Waals surface area contributed by atoms with E-state index in [-0.39, 0.29) is 56.0 Å². The summed E-state index contributed by atoms with van der Waals surface area (Å²) >= 11 is 0. The maximum absolute atomic E-state index is 13.3. The summed E-state index contributed by atoms with van der Waals surface area (Å²) in [4.78, 5) is 29.5. The number of ether oxygens (including phenoxy) is 3. The molecule has 2 aromatic rings. The third kappa shape index (κ3) is 6.30. The van der Waals surface area contributed by atoms with Crippen LogP contribution in [-0.2, 0) is 25.5 Å². The van der Waals surface area contributed by atoms with Crippen LogP contribution in [0.1, 0.15) is 12.0 Å². The van der Waals surface area contributed by atoms with E-state index in [1.165, 1.54) is 36.4 Å². The fraction of sp³-hybridized carbons (Fsp3) is 0.440. The van der Waals surface area contributed by atoms with Crippen LogP contribution in [0.4, 0.5) is 8.78 Å². The topological polar surface area (TPSA) is 68.3 Å². The van der Waals surface area contributed by atoms with Crippen molar-refractivity contribution < 1.29 is 32.6 Å². The quantitative estimate of drug-likeness (QED) is 0.617. The highest BCUT2D eigenvalue weighted by Crippen LogP contribution is 2.26. The Labute approximate surface area is 197 Å². The Bertz CT molecular complexity index is 980. The van der Waals surface area contributed by atoms with Gasteiger partial charge in [-0.15, -0.1) is 0 Å². The molecular formula is C25H28F2N2O5. The average molecular weight is 475 g/mol. The van der Waals surface area contributed by atoms with Gasteiger partial charge >= 0.3 is 0 Å². The minimum absolute atomic E-state index is 0.0229. The molecule has 2 heterocycles. The van der Waals surface area contributed by atoms with Crippen molar-refractivity contribution in [3.63, 3.8) is 0 Å². The normalized spacial score (nSPS) is 20.8. The van der Waals surface area contributed by atoms with E-state index < -0.39 is 5.60 Å². The summed E-state index contributed by atoms with van der Waals surface area (Å²) in [6, 6.07) is 11.4. The summed E-state index contributed by atoms with van der Waals surface area (Å²) in [6.07, 6.45) is 0.154. The molecular weight excluding hydrogens is 446 g/mol. The van der Waals surface area contributed by atoms with Crippen LogP contribution in [0.25, 0.3) is 0 Å². The molecule has 2 aliphatic rings. The molecule has 9 heteroatoms. The largest absolute Gasteiger partial charge is 0.490 e. The highest BCUT2D eigenvalue weighted by atomic mass is 19.1. The van der Waals surface area contributed by atoms with Gasteiger partial charge in [-0.05, 0) is 42.0 Å². The molecule has 2 saturated heterocycles. The van der Waals surface area contributed by atoms with Gasteiger partial charge in [0.2, 0.25) is 11.8 Å². The van der Waals surface area contributed by atoms with Gasteiger partial charge in [-0.25, -0.2) is 8.78 Å². The van der Waals surface area contributed by atoms with Crippen LogP contribution in [0, 0.1) is 11.6 Å². The molecule has 0 N–H and O–H groups in total. The Kier molecular flexibility index (Phi) is 7.74. The summed E-state index contributed by atoms with van der Waals surface area (Å²) in [5.74, 6) is -0.533. The van der Waals surface area contributed by atoms with Gasteiger partial charge in [-0.1, -0.05) is 12.1 Å². The lowest BCUT2D eigenvalue weighted by molar-refractivity contribution is -0.167. The molecule has 2 fully saturated rings. The van der Waals surface area contributed by atoms with Gasteiger partial charge in [-0.3, -0.25) is 9.59 Å². The molecule has 0 saturated carbocycles. The Morgan fingerprint density at radius 3 is 2.15 bits per heavy atom. The fourth-order valence-corrected chi connectivity index (χ4v) is 4.14. The first-order valence-corrected chi connectivity index (χ1v) is 11.3. The first-order valence-electron chi connectivity index (χ1n) is 11.3. The third-order valence-electron chi connectivity index (χ3n) is 6.02. The van der Waals surface area contributed by atoms with Crippen molar-refractivity contribution in [3.05, 3.63) is 65.7 Å². The van der Waals surface area contributed by atoms with Crippen LogP contribution in [0.3, 0.4) is 0 Å². The van der Waals surface area contributed by atoms with Crippen LogP contribution in [-0.4, -0.2) is 79.8 Å². The molecule has 4 rings (SSSR count). The molecule has 0 spiro atoms. The van der Waals surface area contributed by atoms with Crippen LogP contribution in [0.15, 0.2) is 48.5 Å². The van der Waals surface area contributed by atoms with Crippen molar-refractivity contribution >= 4 is 11.8 Å². The van der Waals surface area contributed by atoms with E-state index >= 15 is 0 Å². The maximum atomic E-state index is 13.3. The van der Waals surface area contributed by atoms with Crippen molar-refractivity contribution in [3.8, 4) is 5.75 Å². The predicted molar refractivity (Wildman–Crippen MR) is 119 cm³/mol. The average Bonchev–Trinajstić information content (AvgIpc) is 2.86. The Hall–Kier alpha value is -3.04. The number of hydrogen-bond acceptors (Lipinski definition) is 5. The summed E-state index contributed by atoms with van der Waals surface area (Å²) in [7, 11) is 0. The second kappa shape index (κ2) is 10.9. The van der Waals surface area contributed by atoms with Gasteiger partial charge in [0.25, 0.3) is 0 Å². The monoisotopic (exact) mass is 474 g/mol. The number of rotatable bonds is 7. The minimum Gasteiger partial charge on any atom is -0.490 e. The summed E-state index contributed by atoms with van der Waals surface area (Å²) < 4.78 is 43.8. The SMILES string of the molecule is O=C(C[C@]1(COc2ccc(F)cc2)CN(C(=O)Cc2ccc(F)cc2)CCO1)N1CCOCC1. The van der Waals surface area contributed by atoms with Crippen LogP contribution < -0.4 is 4.74 Å². The first-order chi connectivity index (χ1) is 16.4. The molecule has 0 aliphatic carbocycles. The highest BCUT2D eigenvalue weighted by molar-refractivity contribution is 5.80. The molecule has 0 unspecified atom stereocenters. The molecule has 0 aromatic heterocycles. The molecule has 2 aromatic carbocycles. The van der Waals surface area contributed by atoms with E-state index in [2.05, 4.69) is 0 Å². The smallest absolute Gasteiger partial charge is 0.227 e. The number of nitrogens with zero attached hydrogens (tertiary/aromatic N) is 2.